The maximum Gasteiger partial charge on any atom is 0.490 e. The molecule has 0 bridgehead atoms. The zero-order chi connectivity index (χ0) is 68.5. The lowest BCUT2D eigenvalue weighted by atomic mass is 9.96. The molecule has 2 saturated heterocycles. The molecule has 2 aliphatic heterocycles. The summed E-state index contributed by atoms with van der Waals surface area (Å²) >= 11 is 0. The van der Waals surface area contributed by atoms with Gasteiger partial charge in [0.1, 0.15) is 48.3 Å². The molecule has 0 aliphatic carbocycles. The molecule has 0 unspecified atom stereocenters. The number of amides is 8. The van der Waals surface area contributed by atoms with Crippen LogP contribution in [-0.4, -0.2) is 187 Å². The number of aromatic amines is 2. The van der Waals surface area contributed by atoms with Gasteiger partial charge in [-0.2, -0.15) is 13.2 Å². The minimum Gasteiger partial charge on any atom is -0.480 e. The van der Waals surface area contributed by atoms with Crippen LogP contribution >= 0.6 is 0 Å². The highest BCUT2D eigenvalue weighted by Gasteiger charge is 2.43. The molecule has 2 aromatic heterocycles. The second-order valence-electron chi connectivity index (χ2n) is 23.7. The highest BCUT2D eigenvalue weighted by atomic mass is 19.4. The van der Waals surface area contributed by atoms with Gasteiger partial charge in [0.15, 0.2) is 5.96 Å². The fraction of sp³-hybridized carbons (Fsp3) is 0.548. The van der Waals surface area contributed by atoms with E-state index < -0.39 is 126 Å². The van der Waals surface area contributed by atoms with Gasteiger partial charge in [0, 0.05) is 61.5 Å². The Morgan fingerprint density at radius 3 is 1.83 bits per heavy atom. The molecule has 0 saturated carbocycles. The number of carboxylic acid groups (broad SMARTS) is 2. The van der Waals surface area contributed by atoms with Crippen molar-refractivity contribution in [1.29, 1.82) is 0 Å². The summed E-state index contributed by atoms with van der Waals surface area (Å²) in [5, 5.41) is 34.7. The van der Waals surface area contributed by atoms with Crippen LogP contribution in [0.2, 0.25) is 0 Å². The highest BCUT2D eigenvalue weighted by molar-refractivity contribution is 5.99. The van der Waals surface area contributed by atoms with Crippen LogP contribution in [0.4, 0.5) is 13.2 Å². The number of fused-ring (bicyclic) bond motifs is 1. The number of carboxylic acids is 2. The van der Waals surface area contributed by atoms with E-state index >= 15 is 0 Å². The van der Waals surface area contributed by atoms with E-state index in [0.717, 1.165) is 16.5 Å². The molecule has 2 aliphatic rings. The number of guanidine groups is 1. The van der Waals surface area contributed by atoms with Crippen molar-refractivity contribution in [2.75, 3.05) is 26.2 Å². The van der Waals surface area contributed by atoms with E-state index in [4.69, 9.17) is 32.8 Å². The molecule has 8 amide bonds. The Kier molecular flexibility index (Phi) is 29.0. The summed E-state index contributed by atoms with van der Waals surface area (Å²) in [6.07, 6.45) is 2.89. The van der Waals surface area contributed by atoms with Gasteiger partial charge < -0.3 is 84.8 Å². The Morgan fingerprint density at radius 1 is 0.688 bits per heavy atom. The normalized spacial score (nSPS) is 17.2. The van der Waals surface area contributed by atoms with Crippen molar-refractivity contribution in [3.63, 3.8) is 0 Å². The average Bonchev–Trinajstić information content (AvgIpc) is 1.78. The number of hydrogen-bond acceptors (Lipinski definition) is 14. The van der Waals surface area contributed by atoms with Gasteiger partial charge in [-0.1, -0.05) is 82.6 Å². The smallest absolute Gasteiger partial charge is 0.480 e. The number of H-pyrrole nitrogens is 2. The van der Waals surface area contributed by atoms with Crippen molar-refractivity contribution < 1.29 is 71.3 Å². The molecular weight excluding hydrogens is 1220 g/mol. The predicted octanol–water partition coefficient (Wildman–Crippen LogP) is 1.13. The fourth-order valence-electron chi connectivity index (χ4n) is 11.0. The van der Waals surface area contributed by atoms with Crippen LogP contribution in [0.5, 0.6) is 0 Å². The summed E-state index contributed by atoms with van der Waals surface area (Å²) in [7, 11) is 0. The van der Waals surface area contributed by atoms with E-state index in [9.17, 15) is 61.4 Å². The van der Waals surface area contributed by atoms with Crippen molar-refractivity contribution >= 4 is 76.1 Å². The first-order valence-electron chi connectivity index (χ1n) is 31.2. The molecule has 0 radical (unpaired) electrons. The average molecular weight is 1310 g/mol. The number of carbonyl (C=O) groups is 10. The van der Waals surface area contributed by atoms with Gasteiger partial charge in [-0.3, -0.25) is 43.3 Å². The van der Waals surface area contributed by atoms with Gasteiger partial charge in [0.05, 0.1) is 12.4 Å². The topological polar surface area (TPSA) is 451 Å². The Bertz CT molecular complexity index is 3180. The van der Waals surface area contributed by atoms with Crippen LogP contribution in [-0.2, 0) is 67.2 Å². The maximum atomic E-state index is 15.0. The summed E-state index contributed by atoms with van der Waals surface area (Å²) < 4.78 is 31.7. The van der Waals surface area contributed by atoms with Crippen LogP contribution in [0.15, 0.2) is 78.3 Å². The molecule has 31 heteroatoms. The van der Waals surface area contributed by atoms with Gasteiger partial charge in [-0.25, -0.2) is 14.6 Å². The van der Waals surface area contributed by atoms with Gasteiger partial charge in [-0.15, -0.1) is 0 Å². The van der Waals surface area contributed by atoms with Crippen LogP contribution in [0.3, 0.4) is 0 Å². The molecule has 93 heavy (non-hydrogen) atoms. The number of alkyl halides is 3. The number of para-hydroxylation sites is 1. The summed E-state index contributed by atoms with van der Waals surface area (Å²) in [6, 6.07) is 6.15. The third-order valence-corrected chi connectivity index (χ3v) is 16.1. The lowest BCUT2D eigenvalue weighted by Crippen LogP contribution is -2.60. The zero-order valence-corrected chi connectivity index (χ0v) is 52.7. The zero-order valence-electron chi connectivity index (χ0n) is 52.7. The molecule has 2 aromatic carbocycles. The van der Waals surface area contributed by atoms with Gasteiger partial charge in [-0.05, 0) is 106 Å². The number of aliphatic imine (C=N–C) groups is 1. The summed E-state index contributed by atoms with van der Waals surface area (Å²) in [6.45, 7) is 7.91. The summed E-state index contributed by atoms with van der Waals surface area (Å²) in [5.41, 5.74) is 26.3. The van der Waals surface area contributed by atoms with Crippen molar-refractivity contribution in [2.45, 2.75) is 178 Å². The Labute approximate surface area is 536 Å². The largest absolute Gasteiger partial charge is 0.490 e. The van der Waals surface area contributed by atoms with E-state index in [1.807, 2.05) is 75.4 Å². The molecular formula is C62H89F3N16O12. The van der Waals surface area contributed by atoms with Crippen LogP contribution in [0, 0.1) is 11.8 Å². The first kappa shape index (κ1) is 74.6. The predicted molar refractivity (Wildman–Crippen MR) is 337 cm³/mol. The number of carbonyl (C=O) groups excluding carboxylic acids is 8. The molecule has 18 N–H and O–H groups in total. The third-order valence-electron chi connectivity index (χ3n) is 16.1. The summed E-state index contributed by atoms with van der Waals surface area (Å²) in [4.78, 5) is 154. The Morgan fingerprint density at radius 2 is 1.26 bits per heavy atom. The Balaban J connectivity index is 0.00000211. The molecule has 510 valence electrons. The molecule has 4 aromatic rings. The van der Waals surface area contributed by atoms with E-state index in [1.54, 1.807) is 13.1 Å². The monoisotopic (exact) mass is 1310 g/mol. The Hall–Kier alpha value is -9.13. The number of imidazole rings is 1. The number of unbranched alkanes of at least 4 members (excludes halogenated alkanes) is 1. The minimum absolute atomic E-state index is 0.00355. The number of rotatable bonds is 33. The number of halogens is 3. The first-order chi connectivity index (χ1) is 44.1. The van der Waals surface area contributed by atoms with E-state index in [0.29, 0.717) is 49.9 Å². The SMILES string of the molecule is CC[C@H](C)[C@H](NC(=O)[C@H](Cc1c[nH]c2ccccc12)NC(=O)[C@@H]1CCCN1C(=O)[C@H](CCCN=C(N)N)NC(=O)[C@H](CCCCN)NC(=O)[C@@H]1CCCN1C(=O)[C@H](Cc1cnc[nH]1)NC(=O)[C@@H](N)Cc1ccccc1)C(=O)N[C@@H](CC(C)C)C(=O)O.O=C(O)C(F)(F)F. The lowest BCUT2D eigenvalue weighted by molar-refractivity contribution is -0.192. The standard InChI is InChI=1S/C60H88N16O10.C2HF3O2/c1-5-36(4)50(56(82)73-47(59(85)86)28-35(2)3)74-53(79)45(30-38-32-67-42-19-10-9-18-40(38)42)71-55(81)49-23-14-26-75(49)57(83)44(21-13-25-66-60(63)64)70-52(78)43(20-11-12-24-61)69-54(80)48-22-15-27-76(48)58(84)46(31-39-33-65-34-68-39)72-51(77)41(62)29-37-16-7-6-8-17-37;3-2(4,5)1(6)7/h6-10,16-19,32-36,41,43-50,67H,5,11-15,20-31,61-62H2,1-4H3,(H,65,68)(H,69,80)(H,70,78)(H,71,81)(H,72,77)(H,73,82)(H,74,79)(H,85,86)(H4,63,64,66);(H,6,7)/t36-,41-,43-,44-,45-,46-,47-,48-,49-,50-;/m0./s1. The highest BCUT2D eigenvalue weighted by Crippen LogP contribution is 2.25. The van der Waals surface area contributed by atoms with Gasteiger partial charge >= 0.3 is 18.1 Å². The number of benzene rings is 2. The van der Waals surface area contributed by atoms with Crippen molar-refractivity contribution in [3.8, 4) is 0 Å². The maximum absolute atomic E-state index is 15.0. The molecule has 4 heterocycles. The third kappa shape index (κ3) is 22.9. The molecule has 28 nitrogen and oxygen atoms in total. The number of nitrogens with zero attached hydrogens (tertiary/aromatic N) is 4. The first-order valence-corrected chi connectivity index (χ1v) is 31.2. The second kappa shape index (κ2) is 36.2. The van der Waals surface area contributed by atoms with E-state index in [-0.39, 0.29) is 89.3 Å². The molecule has 10 atom stereocenters. The van der Waals surface area contributed by atoms with Crippen LogP contribution in [0.25, 0.3) is 10.9 Å². The molecule has 6 rings (SSSR count). The van der Waals surface area contributed by atoms with Gasteiger partial charge in [0.25, 0.3) is 0 Å². The van der Waals surface area contributed by atoms with E-state index in [2.05, 4.69) is 51.8 Å². The number of nitrogens with two attached hydrogens (primary N) is 4. The number of likely N-dealkylation sites (tertiary alicyclic amines) is 2. The van der Waals surface area contributed by atoms with E-state index in [1.165, 1.54) is 22.3 Å². The van der Waals surface area contributed by atoms with Gasteiger partial charge in [0.2, 0.25) is 47.3 Å². The quantitative estimate of drug-likeness (QED) is 0.0181. The molecule has 2 fully saturated rings. The number of aliphatic carboxylic acids is 2. The number of nitrogens with one attached hydrogen (secondary N) is 8. The van der Waals surface area contributed by atoms with Crippen LogP contribution in [0.1, 0.15) is 115 Å². The van der Waals surface area contributed by atoms with Crippen LogP contribution < -0.4 is 54.8 Å². The number of hydrogen-bond donors (Lipinski definition) is 14. The number of aromatic nitrogens is 3. The second-order valence-corrected chi connectivity index (χ2v) is 23.7. The van der Waals surface area contributed by atoms with Crippen molar-refractivity contribution in [1.82, 2.24) is 56.7 Å². The fourth-order valence-corrected chi connectivity index (χ4v) is 11.0. The van der Waals surface area contributed by atoms with Crippen molar-refractivity contribution in [2.24, 2.45) is 39.8 Å². The minimum atomic E-state index is -5.08. The lowest BCUT2D eigenvalue weighted by Gasteiger charge is -2.32. The van der Waals surface area contributed by atoms with Crippen molar-refractivity contribution in [3.05, 3.63) is 90.1 Å². The summed E-state index contributed by atoms with van der Waals surface area (Å²) in [5.74, 6) is -9.80. The molecule has 0 spiro atoms.